The minimum atomic E-state index is -2.20. The van der Waals surface area contributed by atoms with Gasteiger partial charge in [-0.3, -0.25) is 19.6 Å². The quantitative estimate of drug-likeness (QED) is 0.380. The number of hydrogen-bond donors (Lipinski definition) is 3. The first-order valence-corrected chi connectivity index (χ1v) is 10.3. The summed E-state index contributed by atoms with van der Waals surface area (Å²) < 4.78 is 25.0. The van der Waals surface area contributed by atoms with E-state index in [0.717, 1.165) is 0 Å². The van der Waals surface area contributed by atoms with E-state index in [1.54, 1.807) is 18.2 Å². The van der Waals surface area contributed by atoms with Crippen LogP contribution in [0.2, 0.25) is 0 Å². The number of hydrogen-bond acceptors (Lipinski definition) is 6. The van der Waals surface area contributed by atoms with Crippen LogP contribution in [0.5, 0.6) is 11.5 Å². The van der Waals surface area contributed by atoms with E-state index in [2.05, 4.69) is 5.32 Å². The maximum atomic E-state index is 14.6. The zero-order valence-corrected chi connectivity index (χ0v) is 18.0. The Balaban J connectivity index is 2.21. The average Bonchev–Trinajstić information content (AvgIpc) is 3.28. The maximum Gasteiger partial charge on any atom is 0.278 e. The van der Waals surface area contributed by atoms with Crippen LogP contribution in [0.3, 0.4) is 0 Å². The van der Waals surface area contributed by atoms with E-state index in [4.69, 9.17) is 14.7 Å². The van der Waals surface area contributed by atoms with Crippen molar-refractivity contribution in [2.75, 3.05) is 26.1 Å². The first kappa shape index (κ1) is 24.4. The van der Waals surface area contributed by atoms with Crippen LogP contribution in [-0.4, -0.2) is 60.8 Å². The van der Waals surface area contributed by atoms with Gasteiger partial charge in [0.1, 0.15) is 17.5 Å². The Kier molecular flexibility index (Phi) is 9.04. The summed E-state index contributed by atoms with van der Waals surface area (Å²) in [6.07, 6.45) is 0.152. The molecule has 0 aliphatic carbocycles. The molecular weight excluding hydrogens is 409 g/mol. The van der Waals surface area contributed by atoms with Crippen LogP contribution in [-0.2, 0) is 14.4 Å². The Morgan fingerprint density at radius 3 is 2.65 bits per heavy atom. The van der Waals surface area contributed by atoms with E-state index in [-0.39, 0.29) is 13.0 Å². The van der Waals surface area contributed by atoms with Gasteiger partial charge in [0, 0.05) is 12.6 Å². The highest BCUT2D eigenvalue weighted by Crippen LogP contribution is 2.31. The third-order valence-corrected chi connectivity index (χ3v) is 5.40. The van der Waals surface area contributed by atoms with Gasteiger partial charge in [-0.25, -0.2) is 9.87 Å². The van der Waals surface area contributed by atoms with Crippen LogP contribution >= 0.6 is 0 Å². The van der Waals surface area contributed by atoms with Crippen LogP contribution in [0.1, 0.15) is 39.0 Å². The van der Waals surface area contributed by atoms with Crippen LogP contribution < -0.4 is 20.3 Å². The Hall–Kier alpha value is -2.88. The minimum absolute atomic E-state index is 0.137. The molecule has 1 aliphatic heterocycles. The van der Waals surface area contributed by atoms with Gasteiger partial charge >= 0.3 is 0 Å². The number of methoxy groups -OCH3 is 2. The van der Waals surface area contributed by atoms with Crippen molar-refractivity contribution in [2.45, 2.75) is 51.2 Å². The Bertz CT molecular complexity index is 790. The topological polar surface area (TPSA) is 117 Å². The Morgan fingerprint density at radius 2 is 2.03 bits per heavy atom. The lowest BCUT2D eigenvalue weighted by atomic mass is 9.94. The largest absolute Gasteiger partial charge is 0.497 e. The molecule has 3 atom stereocenters. The monoisotopic (exact) mass is 439 g/mol. The van der Waals surface area contributed by atoms with E-state index in [1.807, 2.05) is 6.92 Å². The molecule has 0 radical (unpaired) electrons. The van der Waals surface area contributed by atoms with Crippen molar-refractivity contribution in [1.29, 1.82) is 0 Å². The summed E-state index contributed by atoms with van der Waals surface area (Å²) in [6, 6.07) is 4.13. The molecule has 0 saturated carbocycles. The van der Waals surface area contributed by atoms with E-state index in [9.17, 15) is 18.8 Å². The lowest BCUT2D eigenvalue weighted by Gasteiger charge is -2.29. The predicted molar refractivity (Wildman–Crippen MR) is 111 cm³/mol. The molecule has 1 heterocycles. The van der Waals surface area contributed by atoms with Crippen LogP contribution in [0.25, 0.3) is 0 Å². The highest BCUT2D eigenvalue weighted by molar-refractivity contribution is 5.99. The highest BCUT2D eigenvalue weighted by atomic mass is 19.1. The van der Waals surface area contributed by atoms with Crippen molar-refractivity contribution in [3.05, 3.63) is 18.2 Å². The van der Waals surface area contributed by atoms with Gasteiger partial charge < -0.3 is 19.7 Å². The molecule has 2 rings (SSSR count). The van der Waals surface area contributed by atoms with Crippen LogP contribution in [0, 0.1) is 5.92 Å². The van der Waals surface area contributed by atoms with Crippen molar-refractivity contribution < 1.29 is 33.5 Å². The molecule has 0 spiro atoms. The highest BCUT2D eigenvalue weighted by Gasteiger charge is 2.41. The van der Waals surface area contributed by atoms with Gasteiger partial charge in [0.05, 0.1) is 25.8 Å². The first-order valence-electron chi connectivity index (χ1n) is 10.3. The molecule has 0 aromatic heterocycles. The summed E-state index contributed by atoms with van der Waals surface area (Å²) in [5.41, 5.74) is 1.65. The number of likely N-dealkylation sites (tertiary alicyclic amines) is 1. The first-order chi connectivity index (χ1) is 14.9. The van der Waals surface area contributed by atoms with E-state index in [1.165, 1.54) is 24.6 Å². The van der Waals surface area contributed by atoms with Gasteiger partial charge in [-0.15, -0.1) is 0 Å². The van der Waals surface area contributed by atoms with Gasteiger partial charge in [-0.1, -0.05) is 19.8 Å². The molecule has 1 fully saturated rings. The smallest absolute Gasteiger partial charge is 0.278 e. The molecule has 3 N–H and O–H groups in total. The van der Waals surface area contributed by atoms with Gasteiger partial charge in [-0.2, -0.15) is 0 Å². The maximum absolute atomic E-state index is 14.6. The number of hydroxylamine groups is 1. The van der Waals surface area contributed by atoms with Crippen molar-refractivity contribution in [2.24, 2.45) is 5.92 Å². The summed E-state index contributed by atoms with van der Waals surface area (Å²) in [5.74, 6) is -2.64. The molecule has 9 nitrogen and oxygen atoms in total. The van der Waals surface area contributed by atoms with E-state index >= 15 is 0 Å². The molecule has 1 aromatic carbocycles. The van der Waals surface area contributed by atoms with Crippen molar-refractivity contribution >= 4 is 23.4 Å². The zero-order valence-electron chi connectivity index (χ0n) is 18.0. The molecular formula is C21H30FN3O6. The SMILES string of the molecule is CCCCC(C(=O)N1CCC[C@H]1C(=O)Nc1cc(OC)ccc1OC)C(F)C(=O)NO. The normalized spacial score (nSPS) is 17.6. The van der Waals surface area contributed by atoms with E-state index < -0.39 is 35.9 Å². The Morgan fingerprint density at radius 1 is 1.29 bits per heavy atom. The summed E-state index contributed by atoms with van der Waals surface area (Å²) in [7, 11) is 2.96. The number of nitrogens with zero attached hydrogens (tertiary/aromatic N) is 1. The standard InChI is InChI=1S/C21H30FN3O6/c1-4-5-7-14(18(22)20(27)24-29)21(28)25-11-6-8-16(25)19(26)23-15-12-13(30-2)9-10-17(15)31-3/h9-10,12,14,16,18,29H,4-8,11H2,1-3H3,(H,23,26)(H,24,27)/t14?,16-,18?/m0/s1. The number of benzene rings is 1. The molecule has 1 saturated heterocycles. The van der Waals surface area contributed by atoms with Crippen LogP contribution in [0.4, 0.5) is 10.1 Å². The number of carbonyl (C=O) groups excluding carboxylic acids is 3. The lowest BCUT2D eigenvalue weighted by Crippen LogP contribution is -2.49. The summed E-state index contributed by atoms with van der Waals surface area (Å²) in [6.45, 7) is 2.16. The molecule has 0 bridgehead atoms. The van der Waals surface area contributed by atoms with Gasteiger partial charge in [-0.05, 0) is 31.4 Å². The fourth-order valence-corrected chi connectivity index (χ4v) is 3.71. The number of nitrogens with one attached hydrogen (secondary N) is 2. The Labute approximate surface area is 180 Å². The van der Waals surface area contributed by atoms with Gasteiger partial charge in [0.15, 0.2) is 6.17 Å². The second-order valence-electron chi connectivity index (χ2n) is 7.37. The van der Waals surface area contributed by atoms with E-state index in [0.29, 0.717) is 42.9 Å². The van der Waals surface area contributed by atoms with Gasteiger partial charge in [0.25, 0.3) is 5.91 Å². The van der Waals surface area contributed by atoms with Gasteiger partial charge in [0.2, 0.25) is 11.8 Å². The molecule has 3 amide bonds. The number of carbonyl (C=O) groups is 3. The second-order valence-corrected chi connectivity index (χ2v) is 7.37. The summed E-state index contributed by atoms with van der Waals surface area (Å²) in [4.78, 5) is 39.0. The third-order valence-electron chi connectivity index (χ3n) is 5.40. The lowest BCUT2D eigenvalue weighted by molar-refractivity contribution is -0.148. The average molecular weight is 439 g/mol. The minimum Gasteiger partial charge on any atom is -0.497 e. The van der Waals surface area contributed by atoms with Crippen molar-refractivity contribution in [3.8, 4) is 11.5 Å². The van der Waals surface area contributed by atoms with Crippen LogP contribution in [0.15, 0.2) is 18.2 Å². The third kappa shape index (κ3) is 5.84. The number of rotatable bonds is 10. The second kappa shape index (κ2) is 11.5. The molecule has 2 unspecified atom stereocenters. The number of halogens is 1. The summed E-state index contributed by atoms with van der Waals surface area (Å²) in [5, 5.41) is 11.5. The molecule has 1 aromatic rings. The van der Waals surface area contributed by atoms with Crippen molar-refractivity contribution in [3.63, 3.8) is 0 Å². The fraction of sp³-hybridized carbons (Fsp3) is 0.571. The number of ether oxygens (including phenoxy) is 2. The zero-order chi connectivity index (χ0) is 23.0. The fourth-order valence-electron chi connectivity index (χ4n) is 3.71. The molecule has 10 heteroatoms. The summed E-state index contributed by atoms with van der Waals surface area (Å²) >= 11 is 0. The molecule has 1 aliphatic rings. The van der Waals surface area contributed by atoms with Crippen molar-refractivity contribution in [1.82, 2.24) is 10.4 Å². The number of alkyl halides is 1. The molecule has 31 heavy (non-hydrogen) atoms. The number of amides is 3. The molecule has 172 valence electrons. The predicted octanol–water partition coefficient (Wildman–Crippen LogP) is 2.28. The number of unbranched alkanes of at least 4 members (excludes halogenated alkanes) is 1. The number of anilines is 1.